The van der Waals surface area contributed by atoms with Crippen molar-refractivity contribution in [1.82, 2.24) is 10.3 Å². The minimum absolute atomic E-state index is 0.190. The number of fused-ring (bicyclic) bond motifs is 1. The molecule has 3 N–H and O–H groups in total. The van der Waals surface area contributed by atoms with E-state index >= 15 is 0 Å². The number of nitrogens with one attached hydrogen (secondary N) is 2. The number of aromatic amines is 1. The number of aryl methyl sites for hydroxylation is 1. The van der Waals surface area contributed by atoms with Crippen LogP contribution in [0.3, 0.4) is 0 Å². The maximum atomic E-state index is 10.6. The maximum absolute atomic E-state index is 10.6. The van der Waals surface area contributed by atoms with Crippen molar-refractivity contribution in [2.75, 3.05) is 7.05 Å². The second-order valence-corrected chi connectivity index (χ2v) is 4.84. The number of hydrogen-bond acceptors (Lipinski definition) is 2. The fourth-order valence-electron chi connectivity index (χ4n) is 2.64. The first-order valence-electron chi connectivity index (χ1n) is 6.59. The van der Waals surface area contributed by atoms with Crippen LogP contribution in [-0.4, -0.2) is 23.1 Å². The van der Waals surface area contributed by atoms with Gasteiger partial charge in [-0.2, -0.15) is 0 Å². The number of carboxylic acid groups (broad SMARTS) is 1. The lowest BCUT2D eigenvalue weighted by molar-refractivity contribution is -0.137. The SMILES string of the molecule is CNC(CCCC(=O)O)c1c(C)[nH]c2ccccc12. The molecule has 0 amide bonds. The molecule has 102 valence electrons. The highest BCUT2D eigenvalue weighted by atomic mass is 16.4. The summed E-state index contributed by atoms with van der Waals surface area (Å²) in [7, 11) is 1.92. The van der Waals surface area contributed by atoms with Crippen LogP contribution in [0.15, 0.2) is 24.3 Å². The maximum Gasteiger partial charge on any atom is 0.303 e. The van der Waals surface area contributed by atoms with E-state index in [9.17, 15) is 4.79 Å². The van der Waals surface area contributed by atoms with Gasteiger partial charge in [-0.25, -0.2) is 0 Å². The monoisotopic (exact) mass is 260 g/mol. The van der Waals surface area contributed by atoms with Crippen LogP contribution in [0.5, 0.6) is 0 Å². The van der Waals surface area contributed by atoms with Gasteiger partial charge in [0, 0.05) is 29.1 Å². The standard InChI is InChI=1S/C15H20N2O2/c1-10-15(11-6-3-4-7-12(11)17-10)13(16-2)8-5-9-14(18)19/h3-4,6-7,13,16-17H,5,8-9H2,1-2H3,(H,18,19). The number of carbonyl (C=O) groups is 1. The van der Waals surface area contributed by atoms with Crippen molar-refractivity contribution < 1.29 is 9.90 Å². The molecule has 1 aromatic heterocycles. The molecule has 0 radical (unpaired) electrons. The van der Waals surface area contributed by atoms with Crippen LogP contribution < -0.4 is 5.32 Å². The zero-order valence-corrected chi connectivity index (χ0v) is 11.4. The Morgan fingerprint density at radius 2 is 2.16 bits per heavy atom. The van der Waals surface area contributed by atoms with Crippen LogP contribution in [-0.2, 0) is 4.79 Å². The Bertz CT molecular complexity index is 575. The van der Waals surface area contributed by atoms with Gasteiger partial charge < -0.3 is 15.4 Å². The first kappa shape index (κ1) is 13.6. The summed E-state index contributed by atoms with van der Waals surface area (Å²) in [6.07, 6.45) is 1.73. The predicted octanol–water partition coefficient (Wildman–Crippen LogP) is 2.99. The highest BCUT2D eigenvalue weighted by Gasteiger charge is 2.17. The van der Waals surface area contributed by atoms with Crippen molar-refractivity contribution in [3.63, 3.8) is 0 Å². The van der Waals surface area contributed by atoms with Gasteiger partial charge in [-0.15, -0.1) is 0 Å². The molecule has 0 aliphatic carbocycles. The van der Waals surface area contributed by atoms with E-state index in [4.69, 9.17) is 5.11 Å². The molecule has 2 rings (SSSR count). The second kappa shape index (κ2) is 5.89. The lowest BCUT2D eigenvalue weighted by atomic mass is 9.98. The number of para-hydroxylation sites is 1. The molecular formula is C15H20N2O2. The number of hydrogen-bond donors (Lipinski definition) is 3. The molecule has 0 saturated carbocycles. The highest BCUT2D eigenvalue weighted by Crippen LogP contribution is 2.30. The van der Waals surface area contributed by atoms with Gasteiger partial charge in [0.05, 0.1) is 0 Å². The van der Waals surface area contributed by atoms with E-state index in [1.54, 1.807) is 0 Å². The molecule has 0 saturated heterocycles. The van der Waals surface area contributed by atoms with Crippen LogP contribution in [0.4, 0.5) is 0 Å². The molecule has 19 heavy (non-hydrogen) atoms. The summed E-state index contributed by atoms with van der Waals surface area (Å²) in [5.41, 5.74) is 3.54. The van der Waals surface area contributed by atoms with Crippen LogP contribution in [0.25, 0.3) is 10.9 Å². The Kier molecular flexibility index (Phi) is 4.22. The summed E-state index contributed by atoms with van der Waals surface area (Å²) in [6, 6.07) is 8.41. The molecule has 0 spiro atoms. The van der Waals surface area contributed by atoms with Gasteiger partial charge in [0.1, 0.15) is 0 Å². The summed E-state index contributed by atoms with van der Waals surface area (Å²) < 4.78 is 0. The van der Waals surface area contributed by atoms with Gasteiger partial charge in [-0.1, -0.05) is 18.2 Å². The molecule has 1 heterocycles. The molecule has 0 bridgehead atoms. The third-order valence-electron chi connectivity index (χ3n) is 3.52. The Balaban J connectivity index is 2.24. The largest absolute Gasteiger partial charge is 0.481 e. The van der Waals surface area contributed by atoms with E-state index in [2.05, 4.69) is 29.4 Å². The molecule has 4 nitrogen and oxygen atoms in total. The summed E-state index contributed by atoms with van der Waals surface area (Å²) in [5, 5.41) is 13.2. The first-order chi connectivity index (χ1) is 9.13. The molecule has 1 atom stereocenters. The van der Waals surface area contributed by atoms with E-state index in [1.165, 1.54) is 10.9 Å². The van der Waals surface area contributed by atoms with E-state index in [0.29, 0.717) is 6.42 Å². The van der Waals surface area contributed by atoms with Crippen molar-refractivity contribution in [3.8, 4) is 0 Å². The fraction of sp³-hybridized carbons (Fsp3) is 0.400. The van der Waals surface area contributed by atoms with Crippen LogP contribution in [0, 0.1) is 6.92 Å². The van der Waals surface area contributed by atoms with Gasteiger partial charge in [0.15, 0.2) is 0 Å². The highest BCUT2D eigenvalue weighted by molar-refractivity contribution is 5.85. The Labute approximate surface area is 112 Å². The number of aromatic nitrogens is 1. The Morgan fingerprint density at radius 1 is 1.42 bits per heavy atom. The number of rotatable bonds is 6. The summed E-state index contributed by atoms with van der Waals surface area (Å²) in [6.45, 7) is 2.07. The van der Waals surface area contributed by atoms with E-state index in [1.807, 2.05) is 19.2 Å². The lowest BCUT2D eigenvalue weighted by Crippen LogP contribution is -2.17. The lowest BCUT2D eigenvalue weighted by Gasteiger charge is -2.16. The molecule has 1 aromatic carbocycles. The van der Waals surface area contributed by atoms with Gasteiger partial charge in [0.25, 0.3) is 0 Å². The van der Waals surface area contributed by atoms with E-state index < -0.39 is 5.97 Å². The Hall–Kier alpha value is -1.81. The van der Waals surface area contributed by atoms with Crippen molar-refractivity contribution in [1.29, 1.82) is 0 Å². The van der Waals surface area contributed by atoms with Crippen LogP contribution in [0.2, 0.25) is 0 Å². The molecule has 0 aliphatic rings. The number of carboxylic acids is 1. The minimum atomic E-state index is -0.731. The van der Waals surface area contributed by atoms with E-state index in [0.717, 1.165) is 17.6 Å². The zero-order valence-electron chi connectivity index (χ0n) is 11.4. The quantitative estimate of drug-likeness (QED) is 0.748. The van der Waals surface area contributed by atoms with Crippen molar-refractivity contribution in [2.24, 2.45) is 0 Å². The van der Waals surface area contributed by atoms with E-state index in [-0.39, 0.29) is 12.5 Å². The number of benzene rings is 1. The predicted molar refractivity (Wildman–Crippen MR) is 76.3 cm³/mol. The second-order valence-electron chi connectivity index (χ2n) is 4.84. The van der Waals surface area contributed by atoms with Gasteiger partial charge >= 0.3 is 5.97 Å². The topological polar surface area (TPSA) is 65.1 Å². The van der Waals surface area contributed by atoms with Crippen LogP contribution in [0.1, 0.15) is 36.6 Å². The summed E-state index contributed by atoms with van der Waals surface area (Å²) >= 11 is 0. The average Bonchev–Trinajstić information content (AvgIpc) is 2.71. The average molecular weight is 260 g/mol. The molecule has 0 aliphatic heterocycles. The third-order valence-corrected chi connectivity index (χ3v) is 3.52. The van der Waals surface area contributed by atoms with Crippen molar-refractivity contribution in [3.05, 3.63) is 35.5 Å². The molecule has 1 unspecified atom stereocenters. The van der Waals surface area contributed by atoms with Crippen molar-refractivity contribution >= 4 is 16.9 Å². The number of aliphatic carboxylic acids is 1. The molecular weight excluding hydrogens is 240 g/mol. The summed E-state index contributed by atoms with van der Waals surface area (Å²) in [5.74, 6) is -0.731. The molecule has 0 fully saturated rings. The third kappa shape index (κ3) is 2.96. The Morgan fingerprint density at radius 3 is 2.84 bits per heavy atom. The van der Waals surface area contributed by atoms with Gasteiger partial charge in [0.2, 0.25) is 0 Å². The fourth-order valence-corrected chi connectivity index (χ4v) is 2.64. The van der Waals surface area contributed by atoms with Gasteiger partial charge in [-0.3, -0.25) is 4.79 Å². The number of H-pyrrole nitrogens is 1. The van der Waals surface area contributed by atoms with Gasteiger partial charge in [-0.05, 0) is 38.4 Å². The molecule has 4 heteroatoms. The zero-order chi connectivity index (χ0) is 13.8. The minimum Gasteiger partial charge on any atom is -0.481 e. The molecule has 2 aromatic rings. The normalized spacial score (nSPS) is 12.7. The smallest absolute Gasteiger partial charge is 0.303 e. The van der Waals surface area contributed by atoms with Crippen LogP contribution >= 0.6 is 0 Å². The first-order valence-corrected chi connectivity index (χ1v) is 6.59. The van der Waals surface area contributed by atoms with Crippen molar-refractivity contribution in [2.45, 2.75) is 32.2 Å². The summed E-state index contributed by atoms with van der Waals surface area (Å²) in [4.78, 5) is 14.0.